The average Bonchev–Trinajstić information content (AvgIpc) is 3.44. The summed E-state index contributed by atoms with van der Waals surface area (Å²) in [6, 6.07) is 14.0. The molecule has 1 saturated heterocycles. The molecule has 1 fully saturated rings. The molecule has 1 aliphatic heterocycles. The van der Waals surface area contributed by atoms with Crippen molar-refractivity contribution < 1.29 is 9.53 Å². The van der Waals surface area contributed by atoms with Gasteiger partial charge in [-0.1, -0.05) is 35.8 Å². The second kappa shape index (κ2) is 9.00. The summed E-state index contributed by atoms with van der Waals surface area (Å²) in [6.45, 7) is 4.60. The number of halogens is 2. The summed E-state index contributed by atoms with van der Waals surface area (Å²) in [6.07, 6.45) is 5.33. The molecule has 4 aromatic rings. The van der Waals surface area contributed by atoms with Crippen molar-refractivity contribution in [2.24, 2.45) is 0 Å². The molecule has 0 spiro atoms. The van der Waals surface area contributed by atoms with Crippen LogP contribution in [-0.4, -0.2) is 38.0 Å². The van der Waals surface area contributed by atoms with Gasteiger partial charge < -0.3 is 9.64 Å². The van der Waals surface area contributed by atoms with Crippen molar-refractivity contribution in [3.8, 4) is 17.2 Å². The second-order valence-corrected chi connectivity index (χ2v) is 8.72. The standard InChI is InChI=1S/C25H20Cl2N4O3/c1-2-23(32)29-13-11-17(15-29)31-20-10-12-28-14-21(20)30(25(31)33)16-6-8-18(9-7-16)34-22-5-3-4-19(26)24(22)27/h2-10,12,14,17H,1,11,13,15H2/t17-/m1/s1. The molecular formula is C25H20Cl2N4O3. The summed E-state index contributed by atoms with van der Waals surface area (Å²) in [4.78, 5) is 31.6. The number of hydrogen-bond donors (Lipinski definition) is 0. The van der Waals surface area contributed by atoms with Gasteiger partial charge in [0.2, 0.25) is 5.91 Å². The van der Waals surface area contributed by atoms with E-state index >= 15 is 0 Å². The fourth-order valence-electron chi connectivity index (χ4n) is 4.31. The summed E-state index contributed by atoms with van der Waals surface area (Å²) in [5.74, 6) is 0.869. The first kappa shape index (κ1) is 22.3. The number of imidazole rings is 1. The highest BCUT2D eigenvalue weighted by Gasteiger charge is 2.30. The molecule has 0 aliphatic carbocycles. The molecule has 5 rings (SSSR count). The van der Waals surface area contributed by atoms with Crippen molar-refractivity contribution in [3.05, 3.63) is 94.1 Å². The molecule has 0 unspecified atom stereocenters. The van der Waals surface area contributed by atoms with Crippen molar-refractivity contribution in [3.63, 3.8) is 0 Å². The predicted octanol–water partition coefficient (Wildman–Crippen LogP) is 5.25. The van der Waals surface area contributed by atoms with E-state index in [-0.39, 0.29) is 17.6 Å². The van der Waals surface area contributed by atoms with Gasteiger partial charge in [-0.2, -0.15) is 0 Å². The van der Waals surface area contributed by atoms with Crippen molar-refractivity contribution >= 4 is 40.1 Å². The van der Waals surface area contributed by atoms with Gasteiger partial charge >= 0.3 is 5.69 Å². The maximum atomic E-state index is 13.6. The molecule has 0 bridgehead atoms. The van der Waals surface area contributed by atoms with Crippen LogP contribution in [0.3, 0.4) is 0 Å². The highest BCUT2D eigenvalue weighted by molar-refractivity contribution is 6.42. The number of amides is 1. The van der Waals surface area contributed by atoms with Crippen LogP contribution in [0, 0.1) is 0 Å². The molecular weight excluding hydrogens is 475 g/mol. The molecule has 34 heavy (non-hydrogen) atoms. The Hall–Kier alpha value is -3.55. The van der Waals surface area contributed by atoms with Gasteiger partial charge in [-0.25, -0.2) is 4.79 Å². The zero-order valence-corrected chi connectivity index (χ0v) is 19.5. The zero-order chi connectivity index (χ0) is 23.8. The molecule has 2 aromatic carbocycles. The second-order valence-electron chi connectivity index (χ2n) is 7.93. The lowest BCUT2D eigenvalue weighted by Gasteiger charge is -2.15. The lowest BCUT2D eigenvalue weighted by atomic mass is 10.2. The van der Waals surface area contributed by atoms with Gasteiger partial charge in [-0.3, -0.25) is 18.9 Å². The van der Waals surface area contributed by atoms with Crippen LogP contribution in [-0.2, 0) is 4.79 Å². The topological polar surface area (TPSA) is 69.4 Å². The van der Waals surface area contributed by atoms with Crippen LogP contribution in [0.1, 0.15) is 12.5 Å². The minimum atomic E-state index is -0.188. The molecule has 1 aliphatic rings. The van der Waals surface area contributed by atoms with Crippen LogP contribution >= 0.6 is 23.2 Å². The normalized spacial score (nSPS) is 15.6. The van der Waals surface area contributed by atoms with E-state index in [0.29, 0.717) is 52.3 Å². The third-order valence-electron chi connectivity index (χ3n) is 5.93. The van der Waals surface area contributed by atoms with Crippen molar-refractivity contribution in [1.29, 1.82) is 0 Å². The maximum absolute atomic E-state index is 13.6. The van der Waals surface area contributed by atoms with Crippen molar-refractivity contribution in [2.75, 3.05) is 13.1 Å². The Morgan fingerprint density at radius 1 is 1.12 bits per heavy atom. The molecule has 0 N–H and O–H groups in total. The number of benzene rings is 2. The van der Waals surface area contributed by atoms with E-state index in [1.54, 1.807) is 68.9 Å². The number of nitrogens with zero attached hydrogens (tertiary/aromatic N) is 4. The fraction of sp³-hybridized carbons (Fsp3) is 0.160. The molecule has 1 atom stereocenters. The SMILES string of the molecule is C=CC(=O)N1CC[C@@H](n2c(=O)n(-c3ccc(Oc4cccc(Cl)c4Cl)cc3)c3cnccc32)C1. The van der Waals surface area contributed by atoms with E-state index in [1.807, 2.05) is 6.07 Å². The Bertz CT molecular complexity index is 1460. The molecule has 1 amide bonds. The molecule has 3 heterocycles. The minimum absolute atomic E-state index is 0.128. The van der Waals surface area contributed by atoms with Crippen LogP contribution in [0.2, 0.25) is 10.0 Å². The number of aromatic nitrogens is 3. The number of hydrogen-bond acceptors (Lipinski definition) is 4. The number of carbonyl (C=O) groups is 1. The van der Waals surface area contributed by atoms with Gasteiger partial charge in [-0.15, -0.1) is 0 Å². The number of carbonyl (C=O) groups excluding carboxylic acids is 1. The molecule has 9 heteroatoms. The lowest BCUT2D eigenvalue weighted by molar-refractivity contribution is -0.125. The summed E-state index contributed by atoms with van der Waals surface area (Å²) < 4.78 is 9.24. The smallest absolute Gasteiger partial charge is 0.334 e. The van der Waals surface area contributed by atoms with Crippen LogP contribution < -0.4 is 10.4 Å². The minimum Gasteiger partial charge on any atom is -0.456 e. The number of pyridine rings is 1. The predicted molar refractivity (Wildman–Crippen MR) is 132 cm³/mol. The maximum Gasteiger partial charge on any atom is 0.334 e. The molecule has 0 saturated carbocycles. The Labute approximate surface area is 205 Å². The van der Waals surface area contributed by atoms with Gasteiger partial charge in [0.15, 0.2) is 0 Å². The van der Waals surface area contributed by atoms with Crippen molar-refractivity contribution in [2.45, 2.75) is 12.5 Å². The zero-order valence-electron chi connectivity index (χ0n) is 18.0. The first-order valence-corrected chi connectivity index (χ1v) is 11.4. The Morgan fingerprint density at radius 3 is 2.68 bits per heavy atom. The van der Waals surface area contributed by atoms with E-state index in [9.17, 15) is 9.59 Å². The Kier molecular flexibility index (Phi) is 5.89. The van der Waals surface area contributed by atoms with E-state index in [4.69, 9.17) is 27.9 Å². The number of fused-ring (bicyclic) bond motifs is 1. The fourth-order valence-corrected chi connectivity index (χ4v) is 4.64. The Morgan fingerprint density at radius 2 is 1.91 bits per heavy atom. The van der Waals surface area contributed by atoms with Gasteiger partial charge in [-0.05, 0) is 55.0 Å². The number of ether oxygens (including phenoxy) is 1. The van der Waals surface area contributed by atoms with Gasteiger partial charge in [0, 0.05) is 19.3 Å². The molecule has 2 aromatic heterocycles. The van der Waals surface area contributed by atoms with Gasteiger partial charge in [0.25, 0.3) is 0 Å². The molecule has 0 radical (unpaired) electrons. The third kappa shape index (κ3) is 3.87. The van der Waals surface area contributed by atoms with E-state index in [1.165, 1.54) is 6.08 Å². The van der Waals surface area contributed by atoms with E-state index < -0.39 is 0 Å². The van der Waals surface area contributed by atoms with Crippen LogP contribution in [0.5, 0.6) is 11.5 Å². The number of rotatable bonds is 5. The monoisotopic (exact) mass is 494 g/mol. The van der Waals surface area contributed by atoms with E-state index in [0.717, 1.165) is 5.52 Å². The first-order valence-electron chi connectivity index (χ1n) is 10.7. The lowest BCUT2D eigenvalue weighted by Crippen LogP contribution is -2.31. The van der Waals surface area contributed by atoms with Crippen LogP contribution in [0.15, 0.2) is 78.4 Å². The number of likely N-dealkylation sites (tertiary alicyclic amines) is 1. The van der Waals surface area contributed by atoms with Crippen LogP contribution in [0.4, 0.5) is 0 Å². The van der Waals surface area contributed by atoms with Crippen LogP contribution in [0.25, 0.3) is 16.7 Å². The van der Waals surface area contributed by atoms with Gasteiger partial charge in [0.1, 0.15) is 16.5 Å². The van der Waals surface area contributed by atoms with Gasteiger partial charge in [0.05, 0.1) is 34.0 Å². The molecule has 7 nitrogen and oxygen atoms in total. The quantitative estimate of drug-likeness (QED) is 0.355. The summed E-state index contributed by atoms with van der Waals surface area (Å²) in [7, 11) is 0. The summed E-state index contributed by atoms with van der Waals surface area (Å²) in [5, 5.41) is 0.738. The largest absolute Gasteiger partial charge is 0.456 e. The summed E-state index contributed by atoms with van der Waals surface area (Å²) >= 11 is 12.3. The Balaban J connectivity index is 1.50. The third-order valence-corrected chi connectivity index (χ3v) is 6.73. The molecule has 172 valence electrons. The highest BCUT2D eigenvalue weighted by Crippen LogP contribution is 2.35. The summed E-state index contributed by atoms with van der Waals surface area (Å²) in [5.41, 5.74) is 1.94. The first-order chi connectivity index (χ1) is 16.5. The highest BCUT2D eigenvalue weighted by atomic mass is 35.5. The van der Waals surface area contributed by atoms with E-state index in [2.05, 4.69) is 11.6 Å². The average molecular weight is 495 g/mol. The van der Waals surface area contributed by atoms with Crippen molar-refractivity contribution in [1.82, 2.24) is 19.0 Å².